The van der Waals surface area contributed by atoms with E-state index in [-0.39, 0.29) is 19.1 Å². The Morgan fingerprint density at radius 2 is 1.61 bits per heavy atom. The fourth-order valence-electron chi connectivity index (χ4n) is 4.43. The molecule has 0 saturated heterocycles. The zero-order chi connectivity index (χ0) is 26.9. The zero-order valence-corrected chi connectivity index (χ0v) is 22.2. The van der Waals surface area contributed by atoms with Crippen molar-refractivity contribution in [2.45, 2.75) is 33.4 Å². The van der Waals surface area contributed by atoms with E-state index in [4.69, 9.17) is 9.47 Å². The summed E-state index contributed by atoms with van der Waals surface area (Å²) in [6.07, 6.45) is 4.39. The molecule has 0 saturated carbocycles. The van der Waals surface area contributed by atoms with Crippen molar-refractivity contribution in [2.75, 3.05) is 20.2 Å². The van der Waals surface area contributed by atoms with Crippen LogP contribution in [0.25, 0.3) is 16.5 Å². The lowest BCUT2D eigenvalue weighted by Gasteiger charge is -2.18. The Kier molecular flexibility index (Phi) is 8.98. The highest BCUT2D eigenvalue weighted by molar-refractivity contribution is 6.21. The van der Waals surface area contributed by atoms with Crippen LogP contribution in [0.5, 0.6) is 5.75 Å². The summed E-state index contributed by atoms with van der Waals surface area (Å²) in [5.74, 6) is 0.227. The highest BCUT2D eigenvalue weighted by Gasteiger charge is 2.22. The van der Waals surface area contributed by atoms with E-state index in [2.05, 4.69) is 12.1 Å². The van der Waals surface area contributed by atoms with E-state index in [1.165, 1.54) is 5.56 Å². The largest absolute Gasteiger partial charge is 0.488 e. The van der Waals surface area contributed by atoms with E-state index < -0.39 is 5.97 Å². The molecule has 4 rings (SSSR count). The number of allylic oxidation sites excluding steroid dienone is 1. The Morgan fingerprint density at radius 1 is 0.921 bits per heavy atom. The van der Waals surface area contributed by atoms with Crippen LogP contribution in [0.1, 0.15) is 30.5 Å². The summed E-state index contributed by atoms with van der Waals surface area (Å²) >= 11 is 0. The van der Waals surface area contributed by atoms with Crippen molar-refractivity contribution in [2.24, 2.45) is 0 Å². The van der Waals surface area contributed by atoms with Crippen LogP contribution in [0.4, 0.5) is 0 Å². The average molecular weight is 511 g/mol. The Hall–Kier alpha value is -4.32. The minimum absolute atomic E-state index is 0.0156. The standard InChI is InChI=1S/C32H34N2O4/c1-4-26(32(36)37-5-2)27-21-34(22-30(35)33(3)20-19-24-13-8-6-9-14-24)28-17-12-18-29(31(27)28)38-23-25-15-10-7-11-16-25/h4,6-18,21H,5,19-20,22-23H2,1-3H3/b26-4-. The summed E-state index contributed by atoms with van der Waals surface area (Å²) in [4.78, 5) is 27.8. The third-order valence-electron chi connectivity index (χ3n) is 6.49. The van der Waals surface area contributed by atoms with Crippen molar-refractivity contribution in [1.82, 2.24) is 9.47 Å². The van der Waals surface area contributed by atoms with Gasteiger partial charge in [0, 0.05) is 30.7 Å². The van der Waals surface area contributed by atoms with E-state index in [9.17, 15) is 9.59 Å². The highest BCUT2D eigenvalue weighted by atomic mass is 16.5. The van der Waals surface area contributed by atoms with E-state index in [1.807, 2.05) is 91.5 Å². The first-order chi connectivity index (χ1) is 18.5. The minimum atomic E-state index is -0.404. The molecule has 0 unspecified atom stereocenters. The molecule has 1 amide bonds. The molecule has 0 fully saturated rings. The first kappa shape index (κ1) is 26.7. The highest BCUT2D eigenvalue weighted by Crippen LogP contribution is 2.36. The quantitative estimate of drug-likeness (QED) is 0.187. The molecule has 0 aliphatic rings. The number of carbonyl (C=O) groups is 2. The van der Waals surface area contributed by atoms with Crippen LogP contribution < -0.4 is 4.74 Å². The minimum Gasteiger partial charge on any atom is -0.488 e. The summed E-state index contributed by atoms with van der Waals surface area (Å²) in [5.41, 5.74) is 4.17. The second-order valence-corrected chi connectivity index (χ2v) is 9.07. The summed E-state index contributed by atoms with van der Waals surface area (Å²) in [7, 11) is 1.82. The van der Waals surface area contributed by atoms with E-state index in [0.717, 1.165) is 22.9 Å². The molecule has 6 heteroatoms. The van der Waals surface area contributed by atoms with Crippen LogP contribution in [-0.2, 0) is 33.9 Å². The fraction of sp³-hybridized carbons (Fsp3) is 0.250. The Bertz CT molecular complexity index is 1410. The van der Waals surface area contributed by atoms with Gasteiger partial charge in [0.1, 0.15) is 18.9 Å². The molecule has 0 spiro atoms. The van der Waals surface area contributed by atoms with E-state index in [0.29, 0.717) is 30.0 Å². The molecule has 0 N–H and O–H groups in total. The van der Waals surface area contributed by atoms with Gasteiger partial charge in [0.2, 0.25) is 5.91 Å². The lowest BCUT2D eigenvalue weighted by Crippen LogP contribution is -2.31. The van der Waals surface area contributed by atoms with E-state index >= 15 is 0 Å². The molecule has 0 aliphatic heterocycles. The Balaban J connectivity index is 1.65. The Labute approximate surface area is 224 Å². The van der Waals surface area contributed by atoms with Gasteiger partial charge in [0.25, 0.3) is 0 Å². The first-order valence-electron chi connectivity index (χ1n) is 12.9. The molecule has 196 valence electrons. The van der Waals surface area contributed by atoms with Crippen LogP contribution in [-0.4, -0.2) is 41.5 Å². The van der Waals surface area contributed by atoms with Gasteiger partial charge >= 0.3 is 5.97 Å². The van der Waals surface area contributed by atoms with Crippen LogP contribution in [0.15, 0.2) is 91.1 Å². The van der Waals surface area contributed by atoms with Gasteiger partial charge in [-0.05, 0) is 43.5 Å². The molecule has 38 heavy (non-hydrogen) atoms. The van der Waals surface area contributed by atoms with Gasteiger partial charge in [-0.2, -0.15) is 0 Å². The number of amides is 1. The molecule has 6 nitrogen and oxygen atoms in total. The number of carbonyl (C=O) groups excluding carboxylic acids is 2. The van der Waals surface area contributed by atoms with Gasteiger partial charge in [-0.1, -0.05) is 72.8 Å². The maximum Gasteiger partial charge on any atom is 0.338 e. The van der Waals surface area contributed by atoms with Crippen molar-refractivity contribution >= 4 is 28.4 Å². The molecule has 3 aromatic carbocycles. The summed E-state index contributed by atoms with van der Waals surface area (Å²) in [6, 6.07) is 25.8. The molecule has 0 radical (unpaired) electrons. The molecule has 0 atom stereocenters. The Morgan fingerprint density at radius 3 is 2.26 bits per heavy atom. The number of hydrogen-bond donors (Lipinski definition) is 0. The van der Waals surface area contributed by atoms with Crippen molar-refractivity contribution < 1.29 is 19.1 Å². The predicted molar refractivity (Wildman–Crippen MR) is 151 cm³/mol. The van der Waals surface area contributed by atoms with Crippen molar-refractivity contribution in [3.63, 3.8) is 0 Å². The molecule has 1 heterocycles. The average Bonchev–Trinajstić information content (AvgIpc) is 3.30. The number of fused-ring (bicyclic) bond motifs is 1. The number of nitrogens with zero attached hydrogens (tertiary/aromatic N) is 2. The lowest BCUT2D eigenvalue weighted by molar-refractivity contribution is -0.136. The van der Waals surface area contributed by atoms with Crippen LogP contribution in [0.2, 0.25) is 0 Å². The SMILES string of the molecule is C/C=C(\C(=O)OCC)c1cn(CC(=O)N(C)CCc2ccccc2)c2cccc(OCc3ccccc3)c12. The smallest absolute Gasteiger partial charge is 0.338 e. The van der Waals surface area contributed by atoms with Crippen molar-refractivity contribution in [3.05, 3.63) is 108 Å². The number of benzene rings is 3. The van der Waals surface area contributed by atoms with Gasteiger partial charge < -0.3 is 18.9 Å². The zero-order valence-electron chi connectivity index (χ0n) is 22.2. The first-order valence-corrected chi connectivity index (χ1v) is 12.9. The fourth-order valence-corrected chi connectivity index (χ4v) is 4.43. The number of aromatic nitrogens is 1. The number of hydrogen-bond acceptors (Lipinski definition) is 4. The van der Waals surface area contributed by atoms with Crippen LogP contribution >= 0.6 is 0 Å². The number of ether oxygens (including phenoxy) is 2. The summed E-state index contributed by atoms with van der Waals surface area (Å²) < 4.78 is 13.5. The maximum absolute atomic E-state index is 13.2. The molecule has 4 aromatic rings. The topological polar surface area (TPSA) is 60.8 Å². The predicted octanol–water partition coefficient (Wildman–Crippen LogP) is 5.89. The second-order valence-electron chi connectivity index (χ2n) is 9.07. The summed E-state index contributed by atoms with van der Waals surface area (Å²) in [5, 5.41) is 0.782. The molecule has 0 bridgehead atoms. The van der Waals surface area contributed by atoms with Crippen LogP contribution in [0, 0.1) is 0 Å². The maximum atomic E-state index is 13.2. The second kappa shape index (κ2) is 12.8. The van der Waals surface area contributed by atoms with Gasteiger partial charge in [-0.15, -0.1) is 0 Å². The lowest BCUT2D eigenvalue weighted by atomic mass is 10.0. The van der Waals surface area contributed by atoms with Crippen molar-refractivity contribution in [3.8, 4) is 5.75 Å². The van der Waals surface area contributed by atoms with Gasteiger partial charge in [0.05, 0.1) is 17.7 Å². The van der Waals surface area contributed by atoms with Gasteiger partial charge in [0.15, 0.2) is 0 Å². The van der Waals surface area contributed by atoms with Gasteiger partial charge in [-0.25, -0.2) is 4.79 Å². The molecule has 1 aromatic heterocycles. The summed E-state index contributed by atoms with van der Waals surface area (Å²) in [6.45, 7) is 5.01. The molecule has 0 aliphatic carbocycles. The normalized spacial score (nSPS) is 11.4. The number of rotatable bonds is 11. The third kappa shape index (κ3) is 6.32. The van der Waals surface area contributed by atoms with Crippen LogP contribution in [0.3, 0.4) is 0 Å². The number of esters is 1. The molecular formula is C32H34N2O4. The van der Waals surface area contributed by atoms with Crippen molar-refractivity contribution in [1.29, 1.82) is 0 Å². The van der Waals surface area contributed by atoms with E-state index in [1.54, 1.807) is 17.9 Å². The monoisotopic (exact) mass is 510 g/mol. The van der Waals surface area contributed by atoms with Gasteiger partial charge in [-0.3, -0.25) is 4.79 Å². The number of likely N-dealkylation sites (N-methyl/N-ethyl adjacent to an activating group) is 1. The third-order valence-corrected chi connectivity index (χ3v) is 6.49. The molecular weight excluding hydrogens is 476 g/mol.